The summed E-state index contributed by atoms with van der Waals surface area (Å²) in [6, 6.07) is 0. The summed E-state index contributed by atoms with van der Waals surface area (Å²) in [7, 11) is -0.832. The van der Waals surface area contributed by atoms with E-state index in [2.05, 4.69) is 11.9 Å². The van der Waals surface area contributed by atoms with Crippen LogP contribution in [0.3, 0.4) is 0 Å². The number of rotatable bonds is 24. The van der Waals surface area contributed by atoms with Crippen molar-refractivity contribution in [2.24, 2.45) is 16.2 Å². The van der Waals surface area contributed by atoms with Gasteiger partial charge in [0.25, 0.3) is 0 Å². The molecule has 0 saturated carbocycles. The molecule has 0 aromatic carbocycles. The molecule has 0 aromatic rings. The van der Waals surface area contributed by atoms with Crippen LogP contribution in [0.15, 0.2) is 12.2 Å². The second kappa shape index (κ2) is 20.4. The summed E-state index contributed by atoms with van der Waals surface area (Å²) in [6.07, 6.45) is -0.759. The summed E-state index contributed by atoms with van der Waals surface area (Å²) in [5.41, 5.74) is -3.65. The van der Waals surface area contributed by atoms with E-state index < -0.39 is 54.4 Å². The Morgan fingerprint density at radius 2 is 1.41 bits per heavy atom. The molecule has 0 rings (SSSR count). The molecule has 0 fully saturated rings. The van der Waals surface area contributed by atoms with Crippen LogP contribution in [0.25, 0.3) is 0 Å². The van der Waals surface area contributed by atoms with E-state index in [1.165, 1.54) is 28.1 Å². The van der Waals surface area contributed by atoms with E-state index in [0.717, 1.165) is 0 Å². The Morgan fingerprint density at radius 1 is 0.826 bits per heavy atom. The predicted molar refractivity (Wildman–Crippen MR) is 166 cm³/mol. The smallest absolute Gasteiger partial charge is 0.407 e. The molecule has 0 saturated heterocycles. The zero-order valence-electron chi connectivity index (χ0n) is 28.4. The van der Waals surface area contributed by atoms with Crippen LogP contribution in [0, 0.1) is 16.2 Å². The van der Waals surface area contributed by atoms with Gasteiger partial charge in [-0.2, -0.15) is 0 Å². The molecule has 1 unspecified atom stereocenters. The highest BCUT2D eigenvalue weighted by molar-refractivity contribution is 7.53. The fourth-order valence-corrected chi connectivity index (χ4v) is 5.57. The normalized spacial score (nSPS) is 14.3. The molecule has 0 radical (unpaired) electrons. The number of esters is 3. The molecule has 0 aliphatic heterocycles. The minimum absolute atomic E-state index is 0.00129. The highest BCUT2D eigenvalue weighted by Crippen LogP contribution is 2.47. The fourth-order valence-electron chi connectivity index (χ4n) is 4.70. The molecule has 0 heterocycles. The van der Waals surface area contributed by atoms with Gasteiger partial charge in [0.2, 0.25) is 0 Å². The molecule has 0 bridgehead atoms. The molecule has 15 nitrogen and oxygen atoms in total. The summed E-state index contributed by atoms with van der Waals surface area (Å²) in [5, 5.41) is 11.6. The van der Waals surface area contributed by atoms with E-state index in [4.69, 9.17) is 32.7 Å². The largest absolute Gasteiger partial charge is 0.463 e. The number of aliphatic hydroxyl groups is 1. The Hall–Kier alpha value is -2.84. The van der Waals surface area contributed by atoms with Gasteiger partial charge in [0.15, 0.2) is 0 Å². The molecule has 0 spiro atoms. The molecule has 16 heteroatoms. The Kier molecular flexibility index (Phi) is 19.1. The van der Waals surface area contributed by atoms with E-state index in [9.17, 15) is 33.6 Å². The van der Waals surface area contributed by atoms with Gasteiger partial charge in [-0.1, -0.05) is 13.5 Å². The number of hydrogen-bond donors (Lipinski definition) is 2. The Labute approximate surface area is 271 Å². The van der Waals surface area contributed by atoms with Gasteiger partial charge >= 0.3 is 31.6 Å². The highest BCUT2D eigenvalue weighted by atomic mass is 31.2. The van der Waals surface area contributed by atoms with Crippen molar-refractivity contribution < 1.29 is 66.4 Å². The monoisotopic (exact) mass is 681 g/mol. The quantitative estimate of drug-likeness (QED) is 0.0495. The number of ketones is 1. The van der Waals surface area contributed by atoms with Gasteiger partial charge in [-0.25, -0.2) is 9.59 Å². The molecule has 0 aliphatic rings. The van der Waals surface area contributed by atoms with Crippen molar-refractivity contribution in [2.75, 3.05) is 73.2 Å². The fraction of sp³-hybridized carbons (Fsp3) is 0.767. The van der Waals surface area contributed by atoms with Crippen LogP contribution in [0.1, 0.15) is 60.8 Å². The van der Waals surface area contributed by atoms with Gasteiger partial charge in [0.1, 0.15) is 32.2 Å². The Morgan fingerprint density at radius 3 is 1.93 bits per heavy atom. The number of Topliss-reactive ketones (excluding diaryl/α,β-unsaturated/α-hetero) is 1. The Balaban J connectivity index is 5.51. The van der Waals surface area contributed by atoms with E-state index >= 15 is 0 Å². The average molecular weight is 682 g/mol. The minimum Gasteiger partial charge on any atom is -0.463 e. The SMILES string of the molecule is C=C(C)C(=O)OCCNC(=O)OCCOC(=O)C(C)(C)CC(C)(C[C@@](CC)(COCCP(=O)(OC)OC)C(C)=O)C(=O)OCCO. The lowest BCUT2D eigenvalue weighted by Crippen LogP contribution is -2.46. The number of aliphatic hydroxyl groups excluding tert-OH is 1. The Bertz CT molecular complexity index is 1090. The molecule has 2 N–H and O–H groups in total. The zero-order chi connectivity index (χ0) is 35.6. The van der Waals surface area contributed by atoms with Crippen molar-refractivity contribution in [2.45, 2.75) is 60.8 Å². The maximum Gasteiger partial charge on any atom is 0.407 e. The van der Waals surface area contributed by atoms with Crippen molar-refractivity contribution >= 4 is 37.4 Å². The summed E-state index contributed by atoms with van der Waals surface area (Å²) >= 11 is 0. The number of ether oxygens (including phenoxy) is 5. The minimum atomic E-state index is -3.34. The first kappa shape index (κ1) is 43.2. The lowest BCUT2D eigenvalue weighted by molar-refractivity contribution is -0.167. The van der Waals surface area contributed by atoms with Gasteiger partial charge in [0.05, 0.1) is 48.8 Å². The summed E-state index contributed by atoms with van der Waals surface area (Å²) in [4.78, 5) is 62.7. The van der Waals surface area contributed by atoms with Gasteiger partial charge in [0, 0.05) is 19.8 Å². The third-order valence-corrected chi connectivity index (χ3v) is 9.14. The number of carbonyl (C=O) groups excluding carboxylic acids is 5. The lowest BCUT2D eigenvalue weighted by Gasteiger charge is -2.41. The number of nitrogens with one attached hydrogen (secondary N) is 1. The third-order valence-electron chi connectivity index (χ3n) is 7.30. The van der Waals surface area contributed by atoms with Gasteiger partial charge in [-0.3, -0.25) is 18.9 Å². The average Bonchev–Trinajstić information content (AvgIpc) is 3.00. The van der Waals surface area contributed by atoms with E-state index in [-0.39, 0.29) is 83.0 Å². The lowest BCUT2D eigenvalue weighted by atomic mass is 9.63. The summed E-state index contributed by atoms with van der Waals surface area (Å²) in [5.74, 6) is -2.27. The maximum atomic E-state index is 13.4. The molecule has 2 atom stereocenters. The van der Waals surface area contributed by atoms with E-state index in [0.29, 0.717) is 0 Å². The van der Waals surface area contributed by atoms with Crippen LogP contribution in [0.2, 0.25) is 0 Å². The topological polar surface area (TPSA) is 199 Å². The molecule has 0 aromatic heterocycles. The predicted octanol–water partition coefficient (Wildman–Crippen LogP) is 3.21. The van der Waals surface area contributed by atoms with Gasteiger partial charge in [-0.15, -0.1) is 0 Å². The van der Waals surface area contributed by atoms with Gasteiger partial charge < -0.3 is 43.2 Å². The highest BCUT2D eigenvalue weighted by Gasteiger charge is 2.50. The van der Waals surface area contributed by atoms with Crippen LogP contribution < -0.4 is 5.32 Å². The van der Waals surface area contributed by atoms with E-state index in [1.807, 2.05) is 0 Å². The number of amides is 1. The van der Waals surface area contributed by atoms with Crippen LogP contribution in [-0.4, -0.2) is 108 Å². The number of alkyl carbamates (subject to hydrolysis) is 1. The van der Waals surface area contributed by atoms with E-state index in [1.54, 1.807) is 27.7 Å². The van der Waals surface area contributed by atoms with Gasteiger partial charge in [-0.05, 0) is 53.9 Å². The van der Waals surface area contributed by atoms with Crippen LogP contribution >= 0.6 is 7.60 Å². The maximum absolute atomic E-state index is 13.4. The first-order valence-corrected chi connectivity index (χ1v) is 16.6. The molecule has 0 aliphatic carbocycles. The van der Waals surface area contributed by atoms with Crippen molar-refractivity contribution in [1.29, 1.82) is 0 Å². The third kappa shape index (κ3) is 14.7. The zero-order valence-corrected chi connectivity index (χ0v) is 29.3. The summed E-state index contributed by atoms with van der Waals surface area (Å²) in [6.45, 7) is 11.3. The number of hydrogen-bond acceptors (Lipinski definition) is 14. The van der Waals surface area contributed by atoms with Crippen molar-refractivity contribution in [3.63, 3.8) is 0 Å². The first-order chi connectivity index (χ1) is 21.4. The summed E-state index contributed by atoms with van der Waals surface area (Å²) < 4.78 is 48.4. The van der Waals surface area contributed by atoms with Crippen LogP contribution in [0.4, 0.5) is 4.79 Å². The second-order valence-electron chi connectivity index (χ2n) is 11.7. The number of carbonyl (C=O) groups is 5. The first-order valence-electron chi connectivity index (χ1n) is 14.9. The molecular weight excluding hydrogens is 629 g/mol. The second-order valence-corrected chi connectivity index (χ2v) is 14.1. The van der Waals surface area contributed by atoms with Crippen LogP contribution in [0.5, 0.6) is 0 Å². The molecule has 46 heavy (non-hydrogen) atoms. The van der Waals surface area contributed by atoms with Crippen molar-refractivity contribution in [3.8, 4) is 0 Å². The van der Waals surface area contributed by atoms with Crippen molar-refractivity contribution in [1.82, 2.24) is 5.32 Å². The molecule has 1 amide bonds. The van der Waals surface area contributed by atoms with Crippen LogP contribution in [-0.2, 0) is 56.5 Å². The van der Waals surface area contributed by atoms with Crippen molar-refractivity contribution in [3.05, 3.63) is 12.2 Å². The molecule has 266 valence electrons. The molecular formula is C30H52NO14P. The standard InChI is InChI=1S/C30H52NO14P/c1-10-30(23(4)33,21-41-17-18-46(38,39-8)40-9)20-29(7,26(36)43-14-12-32)19-28(5,6)25(35)44-15-16-45-27(37)31-11-13-42-24(34)22(2)3/h32H,2,10-21H2,1,3-9H3,(H,31,37)/t29?,30-/m0/s1.